The van der Waals surface area contributed by atoms with Crippen molar-refractivity contribution < 1.29 is 9.47 Å². The Kier molecular flexibility index (Phi) is 5.29. The van der Waals surface area contributed by atoms with Gasteiger partial charge in [0.25, 0.3) is 0 Å². The summed E-state index contributed by atoms with van der Waals surface area (Å²) in [4.78, 5) is 0. The van der Waals surface area contributed by atoms with E-state index in [2.05, 4.69) is 24.1 Å². The zero-order valence-corrected chi connectivity index (χ0v) is 13.6. The quantitative estimate of drug-likeness (QED) is 0.868. The van der Waals surface area contributed by atoms with Gasteiger partial charge in [0.05, 0.1) is 5.60 Å². The number of hydrogen-bond acceptors (Lipinski definition) is 4. The van der Waals surface area contributed by atoms with Crippen LogP contribution in [0.2, 0.25) is 0 Å². The third kappa shape index (κ3) is 3.34. The molecule has 3 aliphatic rings. The maximum atomic E-state index is 6.20. The molecule has 3 atom stereocenters. The van der Waals surface area contributed by atoms with Crippen molar-refractivity contribution in [1.82, 2.24) is 5.32 Å². The van der Waals surface area contributed by atoms with Crippen LogP contribution < -0.4 is 5.32 Å². The van der Waals surface area contributed by atoms with Crippen molar-refractivity contribution in [3.05, 3.63) is 0 Å². The molecule has 0 radical (unpaired) electrons. The molecule has 3 rings (SSSR count). The van der Waals surface area contributed by atoms with Crippen LogP contribution in [0.25, 0.3) is 0 Å². The highest BCUT2D eigenvalue weighted by Gasteiger charge is 2.42. The SMILES string of the molecule is CNC(C1CCOC2(CCOCC2)C1)C1CCCCS1. The van der Waals surface area contributed by atoms with Gasteiger partial charge in [-0.2, -0.15) is 11.8 Å². The number of thioether (sulfide) groups is 1. The second-order valence-electron chi connectivity index (χ2n) is 6.62. The first-order chi connectivity index (χ1) is 9.83. The van der Waals surface area contributed by atoms with Gasteiger partial charge < -0.3 is 14.8 Å². The number of hydrogen-bond donors (Lipinski definition) is 1. The lowest BCUT2D eigenvalue weighted by Gasteiger charge is -2.47. The van der Waals surface area contributed by atoms with Crippen LogP contribution in [0.15, 0.2) is 0 Å². The molecule has 20 heavy (non-hydrogen) atoms. The number of rotatable bonds is 3. The summed E-state index contributed by atoms with van der Waals surface area (Å²) in [6.07, 6.45) is 8.87. The standard InChI is InChI=1S/C16H29NO2S/c1-17-15(14-4-2-3-11-20-14)13-5-8-19-16(12-13)6-9-18-10-7-16/h13-15,17H,2-12H2,1H3. The molecule has 3 heterocycles. The fraction of sp³-hybridized carbons (Fsp3) is 1.00. The van der Waals surface area contributed by atoms with Crippen molar-refractivity contribution in [1.29, 1.82) is 0 Å². The van der Waals surface area contributed by atoms with Crippen LogP contribution >= 0.6 is 11.8 Å². The normalized spacial score (nSPS) is 35.9. The Morgan fingerprint density at radius 1 is 1.15 bits per heavy atom. The van der Waals surface area contributed by atoms with Crippen LogP contribution in [-0.2, 0) is 9.47 Å². The molecule has 3 nitrogen and oxygen atoms in total. The van der Waals surface area contributed by atoms with Crippen molar-refractivity contribution >= 4 is 11.8 Å². The third-order valence-electron chi connectivity index (χ3n) is 5.39. The van der Waals surface area contributed by atoms with Crippen molar-refractivity contribution in [2.24, 2.45) is 5.92 Å². The summed E-state index contributed by atoms with van der Waals surface area (Å²) in [7, 11) is 2.16. The lowest BCUT2D eigenvalue weighted by Crippen LogP contribution is -2.51. The summed E-state index contributed by atoms with van der Waals surface area (Å²) in [6.45, 7) is 2.71. The Hall–Kier alpha value is 0.230. The molecule has 0 amide bonds. The van der Waals surface area contributed by atoms with Crippen molar-refractivity contribution in [3.8, 4) is 0 Å². The molecule has 116 valence electrons. The van der Waals surface area contributed by atoms with Crippen LogP contribution in [-0.4, -0.2) is 49.5 Å². The lowest BCUT2D eigenvalue weighted by molar-refractivity contribution is -0.150. The van der Waals surface area contributed by atoms with Gasteiger partial charge in [0.1, 0.15) is 0 Å². The molecule has 0 aromatic rings. The van der Waals surface area contributed by atoms with Crippen LogP contribution in [0.1, 0.15) is 44.9 Å². The van der Waals surface area contributed by atoms with E-state index < -0.39 is 0 Å². The Bertz CT molecular complexity index is 295. The Morgan fingerprint density at radius 2 is 2.00 bits per heavy atom. The molecule has 0 aromatic carbocycles. The molecule has 4 heteroatoms. The second-order valence-corrected chi connectivity index (χ2v) is 7.96. The second kappa shape index (κ2) is 6.99. The molecule has 0 saturated carbocycles. The summed E-state index contributed by atoms with van der Waals surface area (Å²) < 4.78 is 11.7. The predicted octanol–water partition coefficient (Wildman–Crippen LogP) is 2.84. The molecule has 3 fully saturated rings. The van der Waals surface area contributed by atoms with E-state index in [1.807, 2.05) is 0 Å². The van der Waals surface area contributed by atoms with E-state index in [1.54, 1.807) is 0 Å². The molecule has 3 aliphatic heterocycles. The number of ether oxygens (including phenoxy) is 2. The Balaban J connectivity index is 1.64. The van der Waals surface area contributed by atoms with Gasteiger partial charge in [-0.15, -0.1) is 0 Å². The first-order valence-electron chi connectivity index (χ1n) is 8.34. The van der Waals surface area contributed by atoms with Crippen molar-refractivity contribution in [2.45, 2.75) is 61.8 Å². The zero-order valence-electron chi connectivity index (χ0n) is 12.7. The van der Waals surface area contributed by atoms with E-state index in [9.17, 15) is 0 Å². The van der Waals surface area contributed by atoms with Gasteiger partial charge in [-0.1, -0.05) is 6.42 Å². The van der Waals surface area contributed by atoms with E-state index in [0.29, 0.717) is 6.04 Å². The first kappa shape index (κ1) is 15.1. The lowest BCUT2D eigenvalue weighted by atomic mass is 9.76. The maximum absolute atomic E-state index is 6.20. The van der Waals surface area contributed by atoms with Gasteiger partial charge in [-0.3, -0.25) is 0 Å². The van der Waals surface area contributed by atoms with E-state index >= 15 is 0 Å². The summed E-state index contributed by atoms with van der Waals surface area (Å²) >= 11 is 2.20. The van der Waals surface area contributed by atoms with Crippen LogP contribution in [0, 0.1) is 5.92 Å². The molecule has 1 N–H and O–H groups in total. The van der Waals surface area contributed by atoms with Gasteiger partial charge in [0.2, 0.25) is 0 Å². The van der Waals surface area contributed by atoms with E-state index in [1.165, 1.54) is 37.9 Å². The summed E-state index contributed by atoms with van der Waals surface area (Å²) in [5.74, 6) is 2.13. The van der Waals surface area contributed by atoms with Crippen LogP contribution in [0.5, 0.6) is 0 Å². The minimum absolute atomic E-state index is 0.135. The third-order valence-corrected chi connectivity index (χ3v) is 6.87. The monoisotopic (exact) mass is 299 g/mol. The average molecular weight is 299 g/mol. The Labute approximate surface area is 127 Å². The molecular formula is C16H29NO2S. The molecule has 0 aromatic heterocycles. The van der Waals surface area contributed by atoms with Gasteiger partial charge in [0.15, 0.2) is 0 Å². The highest BCUT2D eigenvalue weighted by Crippen LogP contribution is 2.41. The fourth-order valence-electron chi connectivity index (χ4n) is 4.24. The van der Waals surface area contributed by atoms with Gasteiger partial charge >= 0.3 is 0 Å². The highest BCUT2D eigenvalue weighted by molar-refractivity contribution is 8.00. The molecule has 0 bridgehead atoms. The van der Waals surface area contributed by atoms with Crippen LogP contribution in [0.3, 0.4) is 0 Å². The number of nitrogens with one attached hydrogen (secondary N) is 1. The largest absolute Gasteiger partial charge is 0.381 e. The van der Waals surface area contributed by atoms with E-state index in [-0.39, 0.29) is 5.60 Å². The predicted molar refractivity (Wildman–Crippen MR) is 84.4 cm³/mol. The summed E-state index contributed by atoms with van der Waals surface area (Å²) in [6, 6.07) is 0.670. The maximum Gasteiger partial charge on any atom is 0.0729 e. The summed E-state index contributed by atoms with van der Waals surface area (Å²) in [5, 5.41) is 4.47. The fourth-order valence-corrected chi connectivity index (χ4v) is 5.81. The van der Waals surface area contributed by atoms with E-state index in [0.717, 1.165) is 43.8 Å². The minimum atomic E-state index is 0.135. The van der Waals surface area contributed by atoms with Crippen LogP contribution in [0.4, 0.5) is 0 Å². The van der Waals surface area contributed by atoms with Gasteiger partial charge in [0, 0.05) is 31.1 Å². The molecule has 3 saturated heterocycles. The average Bonchev–Trinajstić information content (AvgIpc) is 2.50. The van der Waals surface area contributed by atoms with Crippen molar-refractivity contribution in [3.63, 3.8) is 0 Å². The van der Waals surface area contributed by atoms with Gasteiger partial charge in [-0.05, 0) is 57.2 Å². The zero-order chi connectivity index (χ0) is 13.8. The minimum Gasteiger partial charge on any atom is -0.381 e. The topological polar surface area (TPSA) is 30.5 Å². The van der Waals surface area contributed by atoms with Crippen molar-refractivity contribution in [2.75, 3.05) is 32.6 Å². The smallest absolute Gasteiger partial charge is 0.0729 e. The first-order valence-corrected chi connectivity index (χ1v) is 9.38. The van der Waals surface area contributed by atoms with Gasteiger partial charge in [-0.25, -0.2) is 0 Å². The molecule has 0 aliphatic carbocycles. The molecule has 1 spiro atoms. The summed E-state index contributed by atoms with van der Waals surface area (Å²) in [5.41, 5.74) is 0.135. The molecular weight excluding hydrogens is 270 g/mol. The Morgan fingerprint density at radius 3 is 2.70 bits per heavy atom. The van der Waals surface area contributed by atoms with E-state index in [4.69, 9.17) is 9.47 Å². The highest BCUT2D eigenvalue weighted by atomic mass is 32.2. The molecule has 3 unspecified atom stereocenters.